The van der Waals surface area contributed by atoms with Crippen molar-refractivity contribution in [2.45, 2.75) is 6.92 Å². The van der Waals surface area contributed by atoms with Crippen molar-refractivity contribution >= 4 is 35.2 Å². The molecule has 14 heavy (non-hydrogen) atoms. The second-order valence-electron chi connectivity index (χ2n) is 2.23. The fourth-order valence-corrected chi connectivity index (χ4v) is 1.64. The van der Waals surface area contributed by atoms with Crippen LogP contribution in [-0.4, -0.2) is 18.9 Å². The highest BCUT2D eigenvalue weighted by Gasteiger charge is 1.96. The van der Waals surface area contributed by atoms with Crippen LogP contribution in [0.1, 0.15) is 11.8 Å². The number of carbonyl (C=O) groups is 1. The highest BCUT2D eigenvalue weighted by Crippen LogP contribution is 2.19. The third-order valence-corrected chi connectivity index (χ3v) is 2.38. The number of rotatable bonds is 3. The summed E-state index contributed by atoms with van der Waals surface area (Å²) < 4.78 is 5.28. The molecule has 1 aromatic heterocycles. The monoisotopic (exact) mass is 232 g/mol. The van der Waals surface area contributed by atoms with Crippen molar-refractivity contribution in [3.8, 4) is 0 Å². The van der Waals surface area contributed by atoms with Gasteiger partial charge in [-0.2, -0.15) is 5.10 Å². The number of hydrazone groups is 1. The summed E-state index contributed by atoms with van der Waals surface area (Å²) in [6.07, 6.45) is 0.944. The van der Waals surface area contributed by atoms with Gasteiger partial charge in [-0.15, -0.1) is 11.3 Å². The van der Waals surface area contributed by atoms with Crippen LogP contribution in [0.5, 0.6) is 0 Å². The molecule has 76 valence electrons. The Balaban J connectivity index is 2.37. The quantitative estimate of drug-likeness (QED) is 0.643. The van der Waals surface area contributed by atoms with Crippen molar-refractivity contribution in [3.05, 3.63) is 21.3 Å². The largest absolute Gasteiger partial charge is 0.449 e. The van der Waals surface area contributed by atoms with Crippen LogP contribution in [0, 0.1) is 0 Å². The molecule has 0 radical (unpaired) electrons. The molecular weight excluding hydrogens is 224 g/mol. The zero-order valence-corrected chi connectivity index (χ0v) is 9.06. The topological polar surface area (TPSA) is 50.7 Å². The first-order valence-corrected chi connectivity index (χ1v) is 5.13. The number of thiophene rings is 1. The number of hydrogen-bond donors (Lipinski definition) is 1. The fraction of sp³-hybridized carbons (Fsp3) is 0.250. The molecule has 1 heterocycles. The molecule has 0 saturated heterocycles. The summed E-state index contributed by atoms with van der Waals surface area (Å²) in [6.45, 7) is 2.05. The number of carbonyl (C=O) groups excluding carboxylic acids is 1. The van der Waals surface area contributed by atoms with Crippen molar-refractivity contribution in [2.24, 2.45) is 5.10 Å². The van der Waals surface area contributed by atoms with E-state index in [-0.39, 0.29) is 0 Å². The first-order chi connectivity index (χ1) is 6.72. The van der Waals surface area contributed by atoms with Gasteiger partial charge in [-0.05, 0) is 19.1 Å². The van der Waals surface area contributed by atoms with Crippen LogP contribution in [0.3, 0.4) is 0 Å². The maximum Gasteiger partial charge on any atom is 0.427 e. The molecule has 0 saturated carbocycles. The van der Waals surface area contributed by atoms with E-state index in [0.717, 1.165) is 4.88 Å². The number of nitrogens with zero attached hydrogens (tertiary/aromatic N) is 1. The lowest BCUT2D eigenvalue weighted by Gasteiger charge is -1.97. The average Bonchev–Trinajstić information content (AvgIpc) is 2.52. The van der Waals surface area contributed by atoms with Gasteiger partial charge in [-0.25, -0.2) is 10.2 Å². The normalized spacial score (nSPS) is 10.4. The molecule has 4 nitrogen and oxygen atoms in total. The van der Waals surface area contributed by atoms with Crippen molar-refractivity contribution in [3.63, 3.8) is 0 Å². The van der Waals surface area contributed by atoms with Gasteiger partial charge in [0.2, 0.25) is 0 Å². The summed E-state index contributed by atoms with van der Waals surface area (Å²) in [5.41, 5.74) is 2.21. The molecule has 0 spiro atoms. The Labute approximate surface area is 90.5 Å². The third-order valence-electron chi connectivity index (χ3n) is 1.22. The molecule has 0 aliphatic heterocycles. The van der Waals surface area contributed by atoms with Gasteiger partial charge in [-0.1, -0.05) is 11.6 Å². The smallest absolute Gasteiger partial charge is 0.427 e. The van der Waals surface area contributed by atoms with Gasteiger partial charge in [0.25, 0.3) is 0 Å². The Morgan fingerprint density at radius 3 is 3.14 bits per heavy atom. The predicted molar refractivity (Wildman–Crippen MR) is 57.1 cm³/mol. The van der Waals surface area contributed by atoms with Gasteiger partial charge in [-0.3, -0.25) is 0 Å². The predicted octanol–water partition coefficient (Wildman–Crippen LogP) is 2.48. The number of ether oxygens (including phenoxy) is 1. The lowest BCUT2D eigenvalue weighted by Crippen LogP contribution is -2.18. The maximum atomic E-state index is 10.8. The SMILES string of the molecule is CCOC(=O)NN=Cc1ccc(Cl)s1. The molecule has 1 aromatic rings. The molecule has 1 amide bonds. The van der Waals surface area contributed by atoms with Gasteiger partial charge in [0, 0.05) is 4.88 Å². The summed E-state index contributed by atoms with van der Waals surface area (Å²) in [5, 5.41) is 3.68. The molecule has 0 aliphatic rings. The number of amides is 1. The van der Waals surface area contributed by atoms with Crippen molar-refractivity contribution in [2.75, 3.05) is 6.61 Å². The highest BCUT2D eigenvalue weighted by atomic mass is 35.5. The van der Waals surface area contributed by atoms with Gasteiger partial charge in [0.1, 0.15) is 0 Å². The molecule has 0 aliphatic carbocycles. The van der Waals surface area contributed by atoms with Gasteiger partial charge < -0.3 is 4.74 Å². The van der Waals surface area contributed by atoms with E-state index in [2.05, 4.69) is 15.3 Å². The number of halogens is 1. The maximum absolute atomic E-state index is 10.8. The van der Waals surface area contributed by atoms with E-state index < -0.39 is 6.09 Å². The minimum Gasteiger partial charge on any atom is -0.449 e. The number of nitrogens with one attached hydrogen (secondary N) is 1. The van der Waals surface area contributed by atoms with E-state index in [1.54, 1.807) is 13.0 Å². The lowest BCUT2D eigenvalue weighted by atomic mass is 10.5. The Morgan fingerprint density at radius 1 is 1.79 bits per heavy atom. The summed E-state index contributed by atoms with van der Waals surface area (Å²) in [4.78, 5) is 11.6. The molecule has 0 bridgehead atoms. The molecule has 0 atom stereocenters. The van der Waals surface area contributed by atoms with E-state index >= 15 is 0 Å². The first kappa shape index (κ1) is 11.0. The molecule has 0 unspecified atom stereocenters. The second-order valence-corrected chi connectivity index (χ2v) is 3.98. The molecular formula is C8H9ClN2O2S. The van der Waals surface area contributed by atoms with E-state index in [1.807, 2.05) is 6.07 Å². The minimum atomic E-state index is -0.564. The first-order valence-electron chi connectivity index (χ1n) is 3.93. The van der Waals surface area contributed by atoms with Crippen molar-refractivity contribution in [1.29, 1.82) is 0 Å². The average molecular weight is 233 g/mol. The van der Waals surface area contributed by atoms with E-state index in [0.29, 0.717) is 10.9 Å². The Hall–Kier alpha value is -1.07. The Kier molecular flexibility index (Phi) is 4.42. The van der Waals surface area contributed by atoms with E-state index in [1.165, 1.54) is 17.6 Å². The van der Waals surface area contributed by atoms with Crippen molar-refractivity contribution < 1.29 is 9.53 Å². The van der Waals surface area contributed by atoms with Crippen LogP contribution in [0.15, 0.2) is 17.2 Å². The standard InChI is InChI=1S/C8H9ClN2O2S/c1-2-13-8(12)11-10-5-6-3-4-7(9)14-6/h3-5H,2H2,1H3,(H,11,12). The summed E-state index contributed by atoms with van der Waals surface area (Å²) in [7, 11) is 0. The van der Waals surface area contributed by atoms with Gasteiger partial charge in [0.15, 0.2) is 0 Å². The number of hydrogen-bond acceptors (Lipinski definition) is 4. The molecule has 0 aromatic carbocycles. The molecule has 1 rings (SSSR count). The van der Waals surface area contributed by atoms with E-state index in [9.17, 15) is 4.79 Å². The summed E-state index contributed by atoms with van der Waals surface area (Å²) in [5.74, 6) is 0. The van der Waals surface area contributed by atoms with Crippen LogP contribution >= 0.6 is 22.9 Å². The molecule has 1 N–H and O–H groups in total. The highest BCUT2D eigenvalue weighted by molar-refractivity contribution is 7.17. The van der Waals surface area contributed by atoms with Crippen LogP contribution in [0.4, 0.5) is 4.79 Å². The van der Waals surface area contributed by atoms with Crippen LogP contribution in [0.2, 0.25) is 4.34 Å². The lowest BCUT2D eigenvalue weighted by molar-refractivity contribution is 0.152. The molecule has 6 heteroatoms. The van der Waals surface area contributed by atoms with Crippen LogP contribution in [-0.2, 0) is 4.74 Å². The second kappa shape index (κ2) is 5.62. The van der Waals surface area contributed by atoms with Gasteiger partial charge in [0.05, 0.1) is 17.2 Å². The van der Waals surface area contributed by atoms with Gasteiger partial charge >= 0.3 is 6.09 Å². The Morgan fingerprint density at radius 2 is 2.57 bits per heavy atom. The van der Waals surface area contributed by atoms with Crippen LogP contribution < -0.4 is 5.43 Å². The zero-order chi connectivity index (χ0) is 10.4. The summed E-state index contributed by atoms with van der Waals surface area (Å²) >= 11 is 7.07. The zero-order valence-electron chi connectivity index (χ0n) is 7.49. The fourth-order valence-electron chi connectivity index (χ4n) is 0.710. The van der Waals surface area contributed by atoms with Crippen molar-refractivity contribution in [1.82, 2.24) is 5.43 Å². The summed E-state index contributed by atoms with van der Waals surface area (Å²) in [6, 6.07) is 3.57. The Bertz CT molecular complexity index is 338. The third kappa shape index (κ3) is 3.76. The minimum absolute atomic E-state index is 0.326. The van der Waals surface area contributed by atoms with E-state index in [4.69, 9.17) is 11.6 Å². The molecule has 0 fully saturated rings. The van der Waals surface area contributed by atoms with Crippen LogP contribution in [0.25, 0.3) is 0 Å².